The van der Waals surface area contributed by atoms with Crippen molar-refractivity contribution in [2.45, 2.75) is 0 Å². The minimum atomic E-state index is 0.858. The van der Waals surface area contributed by atoms with Crippen molar-refractivity contribution < 1.29 is 9.47 Å². The van der Waals surface area contributed by atoms with Crippen LogP contribution in [0.1, 0.15) is 0 Å². The van der Waals surface area contributed by atoms with E-state index in [1.807, 2.05) is 0 Å². The van der Waals surface area contributed by atoms with Crippen LogP contribution in [0.15, 0.2) is 158 Å². The Morgan fingerprint density at radius 2 is 0.646 bits per heavy atom. The second-order valence-electron chi connectivity index (χ2n) is 12.7. The molecule has 11 rings (SSSR count). The summed E-state index contributed by atoms with van der Waals surface area (Å²) in [4.78, 5) is 0. The van der Waals surface area contributed by atoms with Crippen LogP contribution in [-0.4, -0.2) is 0 Å². The molecule has 0 saturated carbocycles. The SMILES string of the molecule is c1ccc(-c2cc3c(c4ccccc24)Oc2ccc4c5c(c6ccccc6c-3c25)-c2cc(-c3ccccc3)c3ccccc3c2O4)cc1. The average molecular weight is 611 g/mol. The van der Waals surface area contributed by atoms with Gasteiger partial charge >= 0.3 is 0 Å². The summed E-state index contributed by atoms with van der Waals surface area (Å²) < 4.78 is 14.0. The van der Waals surface area contributed by atoms with Gasteiger partial charge in [0.2, 0.25) is 0 Å². The Labute approximate surface area is 277 Å². The highest BCUT2D eigenvalue weighted by atomic mass is 16.5. The number of hydrogen-bond acceptors (Lipinski definition) is 2. The Morgan fingerprint density at radius 1 is 0.292 bits per heavy atom. The molecule has 2 heterocycles. The van der Waals surface area contributed by atoms with Crippen molar-refractivity contribution in [3.8, 4) is 67.5 Å². The van der Waals surface area contributed by atoms with E-state index >= 15 is 0 Å². The van der Waals surface area contributed by atoms with Crippen LogP contribution in [0, 0.1) is 0 Å². The summed E-state index contributed by atoms with van der Waals surface area (Å²) in [5.41, 5.74) is 9.37. The van der Waals surface area contributed by atoms with Gasteiger partial charge < -0.3 is 9.47 Å². The summed E-state index contributed by atoms with van der Waals surface area (Å²) in [7, 11) is 0. The maximum absolute atomic E-state index is 6.98. The van der Waals surface area contributed by atoms with Gasteiger partial charge in [-0.1, -0.05) is 133 Å². The Kier molecular flexibility index (Phi) is 5.14. The van der Waals surface area contributed by atoms with Crippen LogP contribution in [0.4, 0.5) is 0 Å². The molecule has 9 aromatic carbocycles. The molecule has 0 saturated heterocycles. The van der Waals surface area contributed by atoms with E-state index in [0.29, 0.717) is 0 Å². The van der Waals surface area contributed by atoms with E-state index in [2.05, 4.69) is 158 Å². The van der Waals surface area contributed by atoms with Gasteiger partial charge in [0.05, 0.1) is 0 Å². The Bertz CT molecular complexity index is 2620. The van der Waals surface area contributed by atoms with E-state index in [0.717, 1.165) is 55.7 Å². The topological polar surface area (TPSA) is 18.5 Å². The molecule has 0 bridgehead atoms. The average Bonchev–Trinajstić information content (AvgIpc) is 3.16. The highest BCUT2D eigenvalue weighted by molar-refractivity contribution is 6.29. The Balaban J connectivity index is 1.31. The van der Waals surface area contributed by atoms with Crippen LogP contribution < -0.4 is 9.47 Å². The third-order valence-corrected chi connectivity index (χ3v) is 10.2. The van der Waals surface area contributed by atoms with Crippen LogP contribution in [-0.2, 0) is 0 Å². The maximum atomic E-state index is 6.98. The van der Waals surface area contributed by atoms with Crippen LogP contribution in [0.5, 0.6) is 23.0 Å². The number of benzene rings is 9. The highest BCUT2D eigenvalue weighted by Gasteiger charge is 2.33. The van der Waals surface area contributed by atoms with Gasteiger partial charge in [0.25, 0.3) is 0 Å². The highest BCUT2D eigenvalue weighted by Crippen LogP contribution is 2.61. The lowest BCUT2D eigenvalue weighted by molar-refractivity contribution is 0.481. The number of ether oxygens (including phenoxy) is 2. The lowest BCUT2D eigenvalue weighted by atomic mass is 9.80. The summed E-state index contributed by atoms with van der Waals surface area (Å²) in [6, 6.07) is 56.3. The van der Waals surface area contributed by atoms with Crippen molar-refractivity contribution in [2.75, 3.05) is 0 Å². The first kappa shape index (κ1) is 25.8. The summed E-state index contributed by atoms with van der Waals surface area (Å²) >= 11 is 0. The maximum Gasteiger partial charge on any atom is 0.143 e. The number of rotatable bonds is 2. The van der Waals surface area contributed by atoms with Crippen molar-refractivity contribution in [1.82, 2.24) is 0 Å². The van der Waals surface area contributed by atoms with Gasteiger partial charge in [0, 0.05) is 43.8 Å². The normalized spacial score (nSPS) is 12.5. The van der Waals surface area contributed by atoms with Crippen LogP contribution in [0.3, 0.4) is 0 Å². The molecule has 0 aromatic heterocycles. The van der Waals surface area contributed by atoms with E-state index < -0.39 is 0 Å². The minimum Gasteiger partial charge on any atom is -0.455 e. The standard InChI is InChI=1S/C46H26O2/c1-3-13-27(14-4-1)35-25-37-41-31-19-9-10-20-32(31)42-38-26-36(28-15-5-2-6-16-28)30-18-8-12-22-34(30)46(38)48-40-24-23-39(43(41)44(40)42)47-45(37)33-21-11-7-17-29(33)35/h1-26H. The fourth-order valence-corrected chi connectivity index (χ4v) is 8.20. The summed E-state index contributed by atoms with van der Waals surface area (Å²) in [5, 5.41) is 9.19. The lowest BCUT2D eigenvalue weighted by Gasteiger charge is -2.31. The van der Waals surface area contributed by atoms with Gasteiger partial charge in [-0.25, -0.2) is 0 Å². The molecule has 9 aromatic rings. The van der Waals surface area contributed by atoms with Crippen LogP contribution >= 0.6 is 0 Å². The summed E-state index contributed by atoms with van der Waals surface area (Å²) in [6.45, 7) is 0. The third-order valence-electron chi connectivity index (χ3n) is 10.2. The molecule has 0 atom stereocenters. The van der Waals surface area contributed by atoms with Gasteiger partial charge in [-0.05, 0) is 68.1 Å². The molecule has 0 radical (unpaired) electrons. The Hall–Kier alpha value is -6.38. The molecule has 0 aliphatic carbocycles. The van der Waals surface area contributed by atoms with Crippen molar-refractivity contribution in [1.29, 1.82) is 0 Å². The molecule has 0 spiro atoms. The zero-order chi connectivity index (χ0) is 31.3. The van der Waals surface area contributed by atoms with Gasteiger partial charge in [-0.2, -0.15) is 0 Å². The van der Waals surface area contributed by atoms with Gasteiger partial charge in [0.15, 0.2) is 0 Å². The zero-order valence-corrected chi connectivity index (χ0v) is 25.8. The molecule has 2 aliphatic rings. The fourth-order valence-electron chi connectivity index (χ4n) is 8.20. The largest absolute Gasteiger partial charge is 0.455 e. The molecule has 2 aliphatic heterocycles. The van der Waals surface area contributed by atoms with Crippen molar-refractivity contribution in [3.63, 3.8) is 0 Å². The molecule has 0 unspecified atom stereocenters. The minimum absolute atomic E-state index is 0.858. The second kappa shape index (κ2) is 9.57. The lowest BCUT2D eigenvalue weighted by Crippen LogP contribution is -2.05. The van der Waals surface area contributed by atoms with E-state index in [9.17, 15) is 0 Å². The zero-order valence-electron chi connectivity index (χ0n) is 25.8. The van der Waals surface area contributed by atoms with Crippen molar-refractivity contribution in [3.05, 3.63) is 158 Å². The van der Waals surface area contributed by atoms with E-state index in [4.69, 9.17) is 9.47 Å². The smallest absolute Gasteiger partial charge is 0.143 e. The third kappa shape index (κ3) is 3.41. The molecule has 2 heteroatoms. The summed E-state index contributed by atoms with van der Waals surface area (Å²) in [5.74, 6) is 3.52. The first-order valence-corrected chi connectivity index (χ1v) is 16.4. The van der Waals surface area contributed by atoms with Crippen molar-refractivity contribution in [2.24, 2.45) is 0 Å². The molecule has 0 N–H and O–H groups in total. The molecule has 2 nitrogen and oxygen atoms in total. The molecular formula is C46H26O2. The molecule has 0 amide bonds. The molecular weight excluding hydrogens is 585 g/mol. The van der Waals surface area contributed by atoms with Gasteiger partial charge in [-0.15, -0.1) is 0 Å². The van der Waals surface area contributed by atoms with Gasteiger partial charge in [-0.3, -0.25) is 0 Å². The molecule has 48 heavy (non-hydrogen) atoms. The predicted molar refractivity (Wildman–Crippen MR) is 198 cm³/mol. The monoisotopic (exact) mass is 610 g/mol. The molecule has 0 fully saturated rings. The quantitative estimate of drug-likeness (QED) is 0.181. The van der Waals surface area contributed by atoms with E-state index in [-0.39, 0.29) is 0 Å². The predicted octanol–water partition coefficient (Wildman–Crippen LogP) is 13.2. The van der Waals surface area contributed by atoms with E-state index in [1.54, 1.807) is 0 Å². The van der Waals surface area contributed by atoms with Crippen molar-refractivity contribution >= 4 is 43.1 Å². The second-order valence-corrected chi connectivity index (χ2v) is 12.7. The summed E-state index contributed by atoms with van der Waals surface area (Å²) in [6.07, 6.45) is 0. The van der Waals surface area contributed by atoms with Crippen LogP contribution in [0.25, 0.3) is 87.6 Å². The first-order chi connectivity index (χ1) is 23.8. The van der Waals surface area contributed by atoms with Gasteiger partial charge in [0.1, 0.15) is 23.0 Å². The fraction of sp³-hybridized carbons (Fsp3) is 0. The molecule has 222 valence electrons. The van der Waals surface area contributed by atoms with Crippen LogP contribution in [0.2, 0.25) is 0 Å². The van der Waals surface area contributed by atoms with E-state index in [1.165, 1.54) is 54.9 Å². The first-order valence-electron chi connectivity index (χ1n) is 16.4. The Morgan fingerprint density at radius 3 is 1.06 bits per heavy atom. The number of fused-ring (bicyclic) bond motifs is 11. The number of hydrogen-bond donors (Lipinski definition) is 0.